The van der Waals surface area contributed by atoms with Crippen molar-refractivity contribution in [2.24, 2.45) is 11.7 Å². The molecule has 8 nitrogen and oxygen atoms in total. The van der Waals surface area contributed by atoms with Gasteiger partial charge in [0.1, 0.15) is 5.52 Å². The van der Waals surface area contributed by atoms with Gasteiger partial charge in [-0.2, -0.15) is 0 Å². The second-order valence-corrected chi connectivity index (χ2v) is 10.9. The monoisotopic (exact) mass is 471 g/mol. The smallest absolute Gasteiger partial charge is 0.238 e. The molecule has 4 N–H and O–H groups in total. The normalized spacial score (nSPS) is 16.9. The van der Waals surface area contributed by atoms with Crippen LogP contribution < -0.4 is 11.1 Å². The molecule has 33 heavy (non-hydrogen) atoms. The maximum absolute atomic E-state index is 12.8. The highest BCUT2D eigenvalue weighted by Gasteiger charge is 2.33. The van der Waals surface area contributed by atoms with Crippen LogP contribution >= 0.6 is 0 Å². The van der Waals surface area contributed by atoms with Gasteiger partial charge in [0, 0.05) is 0 Å². The molecule has 9 heteroatoms. The number of aliphatic hydroxyl groups is 1. The van der Waals surface area contributed by atoms with E-state index >= 15 is 0 Å². The van der Waals surface area contributed by atoms with Crippen LogP contribution in [0, 0.1) is 5.92 Å². The van der Waals surface area contributed by atoms with E-state index in [1.54, 1.807) is 18.2 Å². The molecule has 0 radical (unpaired) electrons. The summed E-state index contributed by atoms with van der Waals surface area (Å²) in [5.41, 5.74) is 8.11. The van der Waals surface area contributed by atoms with Crippen LogP contribution in [0.3, 0.4) is 0 Å². The van der Waals surface area contributed by atoms with Gasteiger partial charge in [0.2, 0.25) is 11.8 Å². The molecule has 176 valence electrons. The van der Waals surface area contributed by atoms with Crippen LogP contribution in [0.25, 0.3) is 11.1 Å². The number of aryl methyl sites for hydroxylation is 1. The van der Waals surface area contributed by atoms with E-state index in [0.29, 0.717) is 23.9 Å². The summed E-state index contributed by atoms with van der Waals surface area (Å²) in [6, 6.07) is 14.8. The zero-order chi connectivity index (χ0) is 23.4. The number of benzene rings is 2. The van der Waals surface area contributed by atoms with Gasteiger partial charge in [-0.05, 0) is 49.3 Å². The Balaban J connectivity index is 1.47. The summed E-state index contributed by atoms with van der Waals surface area (Å²) in [5, 5.41) is 13.8. The van der Waals surface area contributed by atoms with Crippen LogP contribution in [0.2, 0.25) is 0 Å². The Labute approximate surface area is 193 Å². The first kappa shape index (κ1) is 23.4. The standard InChI is InChI=1S/C24H29N3O5S/c25-18(15-33(30,31)14-17-10-11-17)23(29)26-20(13-12-16-6-2-1-3-7-16)22(28)24-27-19-8-4-5-9-21(19)32-24/h1-9,17-18,20,22,28H,10-15,25H2,(H,26,29)/t18-,20-,22?/m0/s1. The third kappa shape index (κ3) is 6.40. The number of sulfone groups is 1. The average molecular weight is 472 g/mol. The van der Waals surface area contributed by atoms with E-state index in [4.69, 9.17) is 10.2 Å². The molecule has 1 amide bonds. The molecule has 0 bridgehead atoms. The number of nitrogens with zero attached hydrogens (tertiary/aromatic N) is 1. The third-order valence-electron chi connectivity index (χ3n) is 5.82. The molecule has 4 rings (SSSR count). The fraction of sp³-hybridized carbons (Fsp3) is 0.417. The Kier molecular flexibility index (Phi) is 7.11. The molecule has 3 atom stereocenters. The Morgan fingerprint density at radius 1 is 1.15 bits per heavy atom. The zero-order valence-electron chi connectivity index (χ0n) is 18.3. The van der Waals surface area contributed by atoms with Crippen molar-refractivity contribution in [2.75, 3.05) is 11.5 Å². The van der Waals surface area contributed by atoms with E-state index in [9.17, 15) is 18.3 Å². The van der Waals surface area contributed by atoms with Gasteiger partial charge in [-0.25, -0.2) is 13.4 Å². The van der Waals surface area contributed by atoms with Crippen molar-refractivity contribution in [1.29, 1.82) is 0 Å². The molecule has 0 aliphatic heterocycles. The highest BCUT2D eigenvalue weighted by atomic mass is 32.2. The van der Waals surface area contributed by atoms with Crippen molar-refractivity contribution in [1.82, 2.24) is 10.3 Å². The molecule has 3 aromatic rings. The molecule has 1 aliphatic carbocycles. The second kappa shape index (κ2) is 10.0. The van der Waals surface area contributed by atoms with Crippen LogP contribution in [0.5, 0.6) is 0 Å². The molecule has 1 aliphatic rings. The van der Waals surface area contributed by atoms with Crippen LogP contribution in [0.1, 0.15) is 36.8 Å². The van der Waals surface area contributed by atoms with Gasteiger partial charge in [-0.3, -0.25) is 4.79 Å². The second-order valence-electron chi connectivity index (χ2n) is 8.73. The maximum atomic E-state index is 12.8. The van der Waals surface area contributed by atoms with Crippen molar-refractivity contribution >= 4 is 26.8 Å². The summed E-state index contributed by atoms with van der Waals surface area (Å²) in [6.45, 7) is 0. The minimum absolute atomic E-state index is 0.0664. The van der Waals surface area contributed by atoms with Gasteiger partial charge in [0.05, 0.1) is 23.6 Å². The summed E-state index contributed by atoms with van der Waals surface area (Å²) >= 11 is 0. The number of amides is 1. The lowest BCUT2D eigenvalue weighted by Crippen LogP contribution is -2.50. The first-order valence-corrected chi connectivity index (χ1v) is 13.0. The number of nitrogens with one attached hydrogen (secondary N) is 1. The van der Waals surface area contributed by atoms with Gasteiger partial charge in [-0.1, -0.05) is 42.5 Å². The zero-order valence-corrected chi connectivity index (χ0v) is 19.1. The highest BCUT2D eigenvalue weighted by molar-refractivity contribution is 7.91. The number of aromatic nitrogens is 1. The Morgan fingerprint density at radius 3 is 2.55 bits per heavy atom. The first-order valence-electron chi connectivity index (χ1n) is 11.1. The molecular formula is C24H29N3O5S. The predicted octanol–water partition coefficient (Wildman–Crippen LogP) is 2.13. The van der Waals surface area contributed by atoms with Gasteiger partial charge < -0.3 is 20.6 Å². The van der Waals surface area contributed by atoms with Gasteiger partial charge in [0.15, 0.2) is 21.5 Å². The first-order chi connectivity index (χ1) is 15.8. The number of aliphatic hydroxyl groups excluding tert-OH is 1. The number of oxazole rings is 1. The number of carbonyl (C=O) groups excluding carboxylic acids is 1. The molecular weight excluding hydrogens is 442 g/mol. The van der Waals surface area contributed by atoms with Gasteiger partial charge >= 0.3 is 0 Å². The van der Waals surface area contributed by atoms with E-state index in [1.165, 1.54) is 0 Å². The average Bonchev–Trinajstić information content (AvgIpc) is 3.48. The Hall–Kier alpha value is -2.75. The lowest BCUT2D eigenvalue weighted by Gasteiger charge is -2.24. The molecule has 1 unspecified atom stereocenters. The molecule has 0 saturated heterocycles. The van der Waals surface area contributed by atoms with Crippen molar-refractivity contribution in [3.63, 3.8) is 0 Å². The summed E-state index contributed by atoms with van der Waals surface area (Å²) in [4.78, 5) is 17.1. The lowest BCUT2D eigenvalue weighted by atomic mass is 10.0. The Morgan fingerprint density at radius 2 is 1.85 bits per heavy atom. The SMILES string of the molecule is N[C@@H](CS(=O)(=O)CC1CC1)C(=O)N[C@@H](CCc1ccccc1)C(O)c1nc2ccccc2o1. The van der Waals surface area contributed by atoms with Crippen molar-refractivity contribution in [3.05, 3.63) is 66.1 Å². The van der Waals surface area contributed by atoms with E-state index in [2.05, 4.69) is 10.3 Å². The number of rotatable bonds is 11. The number of nitrogens with two attached hydrogens (primary N) is 1. The molecule has 0 spiro atoms. The maximum Gasteiger partial charge on any atom is 0.238 e. The number of hydrogen-bond acceptors (Lipinski definition) is 7. The van der Waals surface area contributed by atoms with E-state index in [-0.39, 0.29) is 17.6 Å². The molecule has 1 heterocycles. The quantitative estimate of drug-likeness (QED) is 0.390. The van der Waals surface area contributed by atoms with Crippen molar-refractivity contribution < 1.29 is 22.7 Å². The number of fused-ring (bicyclic) bond motifs is 1. The van der Waals surface area contributed by atoms with E-state index < -0.39 is 39.7 Å². The van der Waals surface area contributed by atoms with Crippen LogP contribution in [0.15, 0.2) is 59.0 Å². The van der Waals surface area contributed by atoms with Crippen LogP contribution in [-0.4, -0.2) is 48.0 Å². The van der Waals surface area contributed by atoms with E-state index in [0.717, 1.165) is 18.4 Å². The van der Waals surface area contributed by atoms with Gasteiger partial charge in [0.25, 0.3) is 0 Å². The lowest BCUT2D eigenvalue weighted by molar-refractivity contribution is -0.123. The number of para-hydroxylation sites is 2. The van der Waals surface area contributed by atoms with Crippen LogP contribution in [0.4, 0.5) is 0 Å². The number of carbonyl (C=O) groups is 1. The van der Waals surface area contributed by atoms with E-state index in [1.807, 2.05) is 36.4 Å². The summed E-state index contributed by atoms with van der Waals surface area (Å²) in [5.74, 6) is -0.701. The van der Waals surface area contributed by atoms with Crippen molar-refractivity contribution in [3.8, 4) is 0 Å². The minimum Gasteiger partial charge on any atom is -0.438 e. The van der Waals surface area contributed by atoms with Gasteiger partial charge in [-0.15, -0.1) is 0 Å². The predicted molar refractivity (Wildman–Crippen MR) is 125 cm³/mol. The molecule has 2 aromatic carbocycles. The summed E-state index contributed by atoms with van der Waals surface area (Å²) in [7, 11) is -3.42. The Bertz CT molecular complexity index is 1160. The largest absolute Gasteiger partial charge is 0.438 e. The molecule has 1 aromatic heterocycles. The van der Waals surface area contributed by atoms with Crippen LogP contribution in [-0.2, 0) is 21.1 Å². The molecule has 1 fully saturated rings. The summed E-state index contributed by atoms with van der Waals surface area (Å²) in [6.07, 6.45) is 1.55. The summed E-state index contributed by atoms with van der Waals surface area (Å²) < 4.78 is 30.3. The van der Waals surface area contributed by atoms with Crippen molar-refractivity contribution in [2.45, 2.75) is 43.9 Å². The third-order valence-corrected chi connectivity index (χ3v) is 7.66. The number of hydrogen-bond donors (Lipinski definition) is 3. The fourth-order valence-electron chi connectivity index (χ4n) is 3.82. The minimum atomic E-state index is -3.42. The highest BCUT2D eigenvalue weighted by Crippen LogP contribution is 2.30. The fourth-order valence-corrected chi connectivity index (χ4v) is 5.70. The molecule has 1 saturated carbocycles. The topological polar surface area (TPSA) is 136 Å².